The molecule has 0 saturated heterocycles. The largest absolute Gasteiger partial charge is 0.368 e. The molecule has 0 fully saturated rings. The molecule has 0 bridgehead atoms. The van der Waals surface area contributed by atoms with E-state index in [4.69, 9.17) is 0 Å². The molecule has 0 unspecified atom stereocenters. The minimum absolute atomic E-state index is 0. The molecule has 0 spiro atoms. The monoisotopic (exact) mass is 385 g/mol. The number of nitrogens with zero attached hydrogens (tertiary/aromatic N) is 1. The van der Waals surface area contributed by atoms with Crippen LogP contribution in [0.15, 0.2) is 53.5 Å². The smallest absolute Gasteiger partial charge is 0.251 e. The van der Waals surface area contributed by atoms with Gasteiger partial charge in [-0.25, -0.2) is 0 Å². The summed E-state index contributed by atoms with van der Waals surface area (Å²) in [5, 5.41) is 6.28. The maximum Gasteiger partial charge on any atom is 0.251 e. The summed E-state index contributed by atoms with van der Waals surface area (Å²) in [6.07, 6.45) is 4.66. The second-order valence-electron chi connectivity index (χ2n) is 6.63. The lowest BCUT2D eigenvalue weighted by atomic mass is 10.0. The van der Waals surface area contributed by atoms with Crippen LogP contribution in [0.1, 0.15) is 48.5 Å². The van der Waals surface area contributed by atoms with Crippen molar-refractivity contribution in [2.75, 3.05) is 19.6 Å². The number of aliphatic imine (C=N–C) groups is 1. The molecule has 2 aromatic rings. The summed E-state index contributed by atoms with van der Waals surface area (Å²) in [6.45, 7) is 4.70. The van der Waals surface area contributed by atoms with Crippen molar-refractivity contribution in [2.45, 2.75) is 32.6 Å². The Morgan fingerprint density at radius 2 is 1.59 bits per heavy atom. The van der Waals surface area contributed by atoms with Gasteiger partial charge >= 0.3 is 0 Å². The minimum Gasteiger partial charge on any atom is -0.368 e. The minimum atomic E-state index is 0. The second kappa shape index (κ2) is 10.7. The first-order valence-electron chi connectivity index (χ1n) is 9.55. The number of nitrogens with one attached hydrogen (secondary N) is 2. The van der Waals surface area contributed by atoms with Gasteiger partial charge in [-0.3, -0.25) is 9.79 Å². The van der Waals surface area contributed by atoms with Crippen molar-refractivity contribution in [3.8, 4) is 11.1 Å². The highest BCUT2D eigenvalue weighted by atomic mass is 35.5. The Kier molecular flexibility index (Phi) is 8.34. The fourth-order valence-electron chi connectivity index (χ4n) is 3.08. The van der Waals surface area contributed by atoms with Gasteiger partial charge in [0.05, 0.1) is 6.54 Å². The van der Waals surface area contributed by atoms with E-state index in [2.05, 4.69) is 46.8 Å². The van der Waals surface area contributed by atoms with E-state index < -0.39 is 0 Å². The summed E-state index contributed by atoms with van der Waals surface area (Å²) >= 11 is 0. The van der Waals surface area contributed by atoms with Crippen molar-refractivity contribution < 1.29 is 4.79 Å². The molecule has 0 saturated carbocycles. The van der Waals surface area contributed by atoms with Crippen molar-refractivity contribution in [1.29, 1.82) is 0 Å². The highest BCUT2D eigenvalue weighted by molar-refractivity contribution is 6.00. The summed E-state index contributed by atoms with van der Waals surface area (Å²) in [4.78, 5) is 16.6. The van der Waals surface area contributed by atoms with Crippen molar-refractivity contribution in [2.24, 2.45) is 4.99 Å². The first-order chi connectivity index (χ1) is 12.8. The number of benzene rings is 2. The Morgan fingerprint density at radius 1 is 0.963 bits per heavy atom. The van der Waals surface area contributed by atoms with Crippen molar-refractivity contribution >= 4 is 24.1 Å². The van der Waals surface area contributed by atoms with Crippen LogP contribution in [-0.4, -0.2) is 31.4 Å². The van der Waals surface area contributed by atoms with E-state index in [1.165, 1.54) is 19.3 Å². The van der Waals surface area contributed by atoms with Crippen LogP contribution in [0.4, 0.5) is 0 Å². The Morgan fingerprint density at radius 3 is 2.19 bits per heavy atom. The number of halogens is 1. The molecule has 1 amide bonds. The fraction of sp³-hybridized carbons (Fsp3) is 0.364. The first-order valence-corrected chi connectivity index (χ1v) is 9.55. The molecule has 4 nitrogen and oxygen atoms in total. The predicted molar refractivity (Wildman–Crippen MR) is 115 cm³/mol. The van der Waals surface area contributed by atoms with E-state index in [-0.39, 0.29) is 18.3 Å². The van der Waals surface area contributed by atoms with Gasteiger partial charge in [0.1, 0.15) is 5.84 Å². The summed E-state index contributed by atoms with van der Waals surface area (Å²) in [6, 6.07) is 16.2. The molecule has 2 N–H and O–H groups in total. The van der Waals surface area contributed by atoms with Gasteiger partial charge in [-0.15, -0.1) is 12.4 Å². The highest BCUT2D eigenvalue weighted by Crippen LogP contribution is 2.21. The number of unbranched alkanes of at least 4 members (excludes halogenated alkanes) is 3. The SMILES string of the molecule is CCCCCCNC(=O)c1ccc(-c2ccc(C3=NCCN3)cc2)cc1.Cl. The maximum atomic E-state index is 12.2. The van der Waals surface area contributed by atoms with Gasteiger partial charge in [0.15, 0.2) is 0 Å². The van der Waals surface area contributed by atoms with Crippen molar-refractivity contribution in [3.05, 3.63) is 59.7 Å². The Labute approximate surface area is 167 Å². The molecular weight excluding hydrogens is 358 g/mol. The molecule has 0 aromatic heterocycles. The second-order valence-corrected chi connectivity index (χ2v) is 6.63. The molecule has 0 aliphatic carbocycles. The lowest BCUT2D eigenvalue weighted by Crippen LogP contribution is -2.24. The third-order valence-electron chi connectivity index (χ3n) is 4.63. The van der Waals surface area contributed by atoms with Crippen LogP contribution in [0.3, 0.4) is 0 Å². The molecule has 27 heavy (non-hydrogen) atoms. The number of carbonyl (C=O) groups is 1. The molecule has 144 valence electrons. The Balaban J connectivity index is 0.00000261. The zero-order valence-electron chi connectivity index (χ0n) is 15.8. The third kappa shape index (κ3) is 5.83. The number of rotatable bonds is 8. The lowest BCUT2D eigenvalue weighted by Gasteiger charge is -2.08. The molecule has 0 atom stereocenters. The van der Waals surface area contributed by atoms with E-state index in [9.17, 15) is 4.79 Å². The summed E-state index contributed by atoms with van der Waals surface area (Å²) in [5.41, 5.74) is 4.08. The van der Waals surface area contributed by atoms with Gasteiger partial charge in [-0.1, -0.05) is 62.6 Å². The molecule has 1 aliphatic rings. The van der Waals surface area contributed by atoms with E-state index >= 15 is 0 Å². The quantitative estimate of drug-likeness (QED) is 0.660. The number of hydrogen-bond donors (Lipinski definition) is 2. The van der Waals surface area contributed by atoms with Crippen molar-refractivity contribution in [1.82, 2.24) is 10.6 Å². The van der Waals surface area contributed by atoms with Crippen LogP contribution in [0.2, 0.25) is 0 Å². The summed E-state index contributed by atoms with van der Waals surface area (Å²) in [7, 11) is 0. The Bertz CT molecular complexity index is 754. The fourth-order valence-corrected chi connectivity index (χ4v) is 3.08. The molecule has 0 radical (unpaired) electrons. The first kappa shape index (κ1) is 21.0. The molecule has 1 heterocycles. The van der Waals surface area contributed by atoms with Gasteiger partial charge in [0.2, 0.25) is 0 Å². The molecule has 1 aliphatic heterocycles. The van der Waals surface area contributed by atoms with E-state index in [1.807, 2.05) is 24.3 Å². The van der Waals surface area contributed by atoms with Gasteiger partial charge in [0.25, 0.3) is 5.91 Å². The number of carbonyl (C=O) groups excluding carboxylic acids is 1. The van der Waals surface area contributed by atoms with E-state index in [0.717, 1.165) is 48.6 Å². The molecule has 3 rings (SSSR count). The summed E-state index contributed by atoms with van der Waals surface area (Å²) in [5.74, 6) is 0.983. The number of hydrogen-bond acceptors (Lipinski definition) is 3. The summed E-state index contributed by atoms with van der Waals surface area (Å²) < 4.78 is 0. The highest BCUT2D eigenvalue weighted by Gasteiger charge is 2.09. The van der Waals surface area contributed by atoms with Crippen LogP contribution in [-0.2, 0) is 0 Å². The standard InChI is InChI=1S/C22H27N3O.ClH/c1-2-3-4-5-14-25-22(26)20-12-8-18(9-13-20)17-6-10-19(11-7-17)21-23-15-16-24-21;/h6-13H,2-5,14-16H2,1H3,(H,23,24)(H,25,26);1H. The lowest BCUT2D eigenvalue weighted by molar-refractivity contribution is 0.0953. The third-order valence-corrected chi connectivity index (χ3v) is 4.63. The van der Waals surface area contributed by atoms with Crippen LogP contribution >= 0.6 is 12.4 Å². The number of amidine groups is 1. The molecular formula is C22H28ClN3O. The average molecular weight is 386 g/mol. The molecule has 5 heteroatoms. The molecule has 2 aromatic carbocycles. The van der Waals surface area contributed by atoms with Gasteiger partial charge in [-0.05, 0) is 29.7 Å². The zero-order valence-corrected chi connectivity index (χ0v) is 16.6. The zero-order chi connectivity index (χ0) is 18.2. The normalized spacial score (nSPS) is 12.7. The maximum absolute atomic E-state index is 12.2. The number of amides is 1. The van der Waals surface area contributed by atoms with E-state index in [1.54, 1.807) is 0 Å². The van der Waals surface area contributed by atoms with Crippen LogP contribution < -0.4 is 10.6 Å². The Hall–Kier alpha value is -2.33. The van der Waals surface area contributed by atoms with Crippen molar-refractivity contribution in [3.63, 3.8) is 0 Å². The van der Waals surface area contributed by atoms with Gasteiger partial charge in [0, 0.05) is 24.2 Å². The predicted octanol–water partition coefficient (Wildman–Crippen LogP) is 4.44. The van der Waals surface area contributed by atoms with Crippen LogP contribution in [0.5, 0.6) is 0 Å². The van der Waals surface area contributed by atoms with Crippen LogP contribution in [0, 0.1) is 0 Å². The van der Waals surface area contributed by atoms with Gasteiger partial charge < -0.3 is 10.6 Å². The van der Waals surface area contributed by atoms with Crippen LogP contribution in [0.25, 0.3) is 11.1 Å². The average Bonchev–Trinajstić information content (AvgIpc) is 3.23. The topological polar surface area (TPSA) is 53.5 Å². The van der Waals surface area contributed by atoms with Gasteiger partial charge in [-0.2, -0.15) is 0 Å². The van der Waals surface area contributed by atoms with E-state index in [0.29, 0.717) is 5.56 Å².